The number of likely N-dealkylation sites (N-methyl/N-ethyl adjacent to an activating group) is 1. The number of hydrogen-bond acceptors (Lipinski definition) is 3. The van der Waals surface area contributed by atoms with Gasteiger partial charge in [0.25, 0.3) is 0 Å². The Balaban J connectivity index is 2.74. The smallest absolute Gasteiger partial charge is 0.122 e. The summed E-state index contributed by atoms with van der Waals surface area (Å²) in [5, 5.41) is 3.56. The molecule has 1 atom stereocenters. The van der Waals surface area contributed by atoms with E-state index in [1.807, 2.05) is 12.1 Å². The van der Waals surface area contributed by atoms with Crippen LogP contribution in [0.25, 0.3) is 0 Å². The molecule has 0 aliphatic heterocycles. The zero-order chi connectivity index (χ0) is 14.3. The first-order chi connectivity index (χ1) is 9.06. The molecule has 4 heteroatoms. The predicted octanol–water partition coefficient (Wildman–Crippen LogP) is 2.93. The fourth-order valence-electron chi connectivity index (χ4n) is 2.15. The lowest BCUT2D eigenvalue weighted by Crippen LogP contribution is -2.34. The molecule has 0 radical (unpaired) electrons. The summed E-state index contributed by atoms with van der Waals surface area (Å²) >= 11 is 3.53. The van der Waals surface area contributed by atoms with Crippen molar-refractivity contribution < 1.29 is 4.74 Å². The van der Waals surface area contributed by atoms with Crippen LogP contribution in [-0.2, 0) is 6.42 Å². The number of nitrogens with zero attached hydrogens (tertiary/aromatic N) is 1. The Morgan fingerprint density at radius 3 is 2.68 bits per heavy atom. The van der Waals surface area contributed by atoms with Crippen LogP contribution in [0.1, 0.15) is 18.9 Å². The monoisotopic (exact) mass is 328 g/mol. The first-order valence-electron chi connectivity index (χ1n) is 6.77. The maximum Gasteiger partial charge on any atom is 0.122 e. The lowest BCUT2D eigenvalue weighted by Gasteiger charge is -2.21. The van der Waals surface area contributed by atoms with Gasteiger partial charge >= 0.3 is 0 Å². The zero-order valence-corrected chi connectivity index (χ0v) is 14.0. The van der Waals surface area contributed by atoms with Crippen LogP contribution in [-0.4, -0.2) is 45.2 Å². The van der Waals surface area contributed by atoms with Crippen molar-refractivity contribution in [2.75, 3.05) is 34.3 Å². The van der Waals surface area contributed by atoms with Crippen molar-refractivity contribution in [1.29, 1.82) is 0 Å². The molecule has 108 valence electrons. The van der Waals surface area contributed by atoms with E-state index in [0.29, 0.717) is 6.04 Å². The first kappa shape index (κ1) is 16.5. The number of hydrogen-bond donors (Lipinski definition) is 1. The SMILES string of the molecule is CCNC(CCN(C)C)Cc1cc(Br)ccc1OC. The second-order valence-corrected chi connectivity index (χ2v) is 5.92. The third-order valence-electron chi connectivity index (χ3n) is 3.13. The van der Waals surface area contributed by atoms with E-state index in [0.717, 1.165) is 36.2 Å². The number of ether oxygens (including phenoxy) is 1. The van der Waals surface area contributed by atoms with Crippen molar-refractivity contribution in [3.8, 4) is 5.75 Å². The van der Waals surface area contributed by atoms with E-state index in [2.05, 4.69) is 53.2 Å². The molecule has 19 heavy (non-hydrogen) atoms. The fraction of sp³-hybridized carbons (Fsp3) is 0.600. The van der Waals surface area contributed by atoms with Crippen molar-refractivity contribution in [3.05, 3.63) is 28.2 Å². The maximum absolute atomic E-state index is 5.45. The van der Waals surface area contributed by atoms with Crippen LogP contribution in [0.3, 0.4) is 0 Å². The molecular weight excluding hydrogens is 304 g/mol. The van der Waals surface area contributed by atoms with Crippen molar-refractivity contribution in [3.63, 3.8) is 0 Å². The fourth-order valence-corrected chi connectivity index (χ4v) is 2.56. The second kappa shape index (κ2) is 8.56. The summed E-state index contributed by atoms with van der Waals surface area (Å²) in [4.78, 5) is 2.22. The van der Waals surface area contributed by atoms with Crippen molar-refractivity contribution in [1.82, 2.24) is 10.2 Å². The highest BCUT2D eigenvalue weighted by Crippen LogP contribution is 2.24. The number of methoxy groups -OCH3 is 1. The molecule has 0 aliphatic rings. The summed E-state index contributed by atoms with van der Waals surface area (Å²) < 4.78 is 6.55. The van der Waals surface area contributed by atoms with E-state index in [9.17, 15) is 0 Å². The molecule has 1 aromatic rings. The van der Waals surface area contributed by atoms with Crippen LogP contribution in [0.5, 0.6) is 5.75 Å². The molecule has 0 fully saturated rings. The third kappa shape index (κ3) is 5.93. The minimum atomic E-state index is 0.482. The maximum atomic E-state index is 5.45. The van der Waals surface area contributed by atoms with Gasteiger partial charge in [0.05, 0.1) is 7.11 Å². The molecule has 1 aromatic carbocycles. The highest BCUT2D eigenvalue weighted by Gasteiger charge is 2.12. The number of benzene rings is 1. The topological polar surface area (TPSA) is 24.5 Å². The highest BCUT2D eigenvalue weighted by atomic mass is 79.9. The average molecular weight is 329 g/mol. The lowest BCUT2D eigenvalue weighted by molar-refractivity contribution is 0.355. The first-order valence-corrected chi connectivity index (χ1v) is 7.56. The van der Waals surface area contributed by atoms with E-state index in [-0.39, 0.29) is 0 Å². The molecule has 0 bridgehead atoms. The Morgan fingerprint density at radius 1 is 1.37 bits per heavy atom. The second-order valence-electron chi connectivity index (χ2n) is 5.01. The van der Waals surface area contributed by atoms with Crippen molar-refractivity contribution in [2.45, 2.75) is 25.8 Å². The van der Waals surface area contributed by atoms with Crippen LogP contribution in [0.15, 0.2) is 22.7 Å². The number of halogens is 1. The van der Waals surface area contributed by atoms with Gasteiger partial charge in [0.15, 0.2) is 0 Å². The largest absolute Gasteiger partial charge is 0.496 e. The van der Waals surface area contributed by atoms with Gasteiger partial charge in [-0.1, -0.05) is 22.9 Å². The van der Waals surface area contributed by atoms with Crippen LogP contribution >= 0.6 is 15.9 Å². The van der Waals surface area contributed by atoms with E-state index >= 15 is 0 Å². The van der Waals surface area contributed by atoms with Gasteiger partial charge in [-0.05, 0) is 63.8 Å². The minimum Gasteiger partial charge on any atom is -0.496 e. The molecule has 0 saturated heterocycles. The number of nitrogens with one attached hydrogen (secondary N) is 1. The van der Waals surface area contributed by atoms with Gasteiger partial charge in [0.2, 0.25) is 0 Å². The summed E-state index contributed by atoms with van der Waals surface area (Å²) in [5.41, 5.74) is 1.25. The summed E-state index contributed by atoms with van der Waals surface area (Å²) in [5.74, 6) is 0.968. The average Bonchev–Trinajstić information content (AvgIpc) is 2.36. The third-order valence-corrected chi connectivity index (χ3v) is 3.62. The predicted molar refractivity (Wildman–Crippen MR) is 85.0 cm³/mol. The van der Waals surface area contributed by atoms with Crippen LogP contribution < -0.4 is 10.1 Å². The summed E-state index contributed by atoms with van der Waals surface area (Å²) in [7, 11) is 5.96. The highest BCUT2D eigenvalue weighted by molar-refractivity contribution is 9.10. The summed E-state index contributed by atoms with van der Waals surface area (Å²) in [6, 6.07) is 6.67. The van der Waals surface area contributed by atoms with Crippen LogP contribution in [0.2, 0.25) is 0 Å². The van der Waals surface area contributed by atoms with Gasteiger partial charge in [-0.3, -0.25) is 0 Å². The van der Waals surface area contributed by atoms with Crippen molar-refractivity contribution >= 4 is 15.9 Å². The molecule has 0 saturated carbocycles. The summed E-state index contributed by atoms with van der Waals surface area (Å²) in [6.07, 6.45) is 2.13. The van der Waals surface area contributed by atoms with Crippen LogP contribution in [0, 0.1) is 0 Å². The molecule has 1 rings (SSSR count). The Labute approximate surface area is 125 Å². The lowest BCUT2D eigenvalue weighted by atomic mass is 10.0. The van der Waals surface area contributed by atoms with E-state index < -0.39 is 0 Å². The molecule has 0 aromatic heterocycles. The number of rotatable bonds is 8. The molecule has 0 spiro atoms. The standard InChI is InChI=1S/C15H25BrN2O/c1-5-17-14(8-9-18(2)3)11-12-10-13(16)6-7-15(12)19-4/h6-7,10,14,17H,5,8-9,11H2,1-4H3. The molecule has 0 aliphatic carbocycles. The van der Waals surface area contributed by atoms with Gasteiger partial charge in [0, 0.05) is 10.5 Å². The van der Waals surface area contributed by atoms with E-state index in [1.54, 1.807) is 7.11 Å². The van der Waals surface area contributed by atoms with Gasteiger partial charge in [0.1, 0.15) is 5.75 Å². The van der Waals surface area contributed by atoms with Gasteiger partial charge in [-0.15, -0.1) is 0 Å². The van der Waals surface area contributed by atoms with E-state index in [4.69, 9.17) is 4.74 Å². The Kier molecular flexibility index (Phi) is 7.42. The van der Waals surface area contributed by atoms with Gasteiger partial charge < -0.3 is 15.0 Å². The Bertz CT molecular complexity index is 382. The quantitative estimate of drug-likeness (QED) is 0.794. The Morgan fingerprint density at radius 2 is 2.11 bits per heavy atom. The van der Waals surface area contributed by atoms with E-state index in [1.165, 1.54) is 5.56 Å². The molecular formula is C15H25BrN2O. The van der Waals surface area contributed by atoms with Crippen molar-refractivity contribution in [2.24, 2.45) is 0 Å². The van der Waals surface area contributed by atoms with Gasteiger partial charge in [-0.25, -0.2) is 0 Å². The normalized spacial score (nSPS) is 12.7. The van der Waals surface area contributed by atoms with Gasteiger partial charge in [-0.2, -0.15) is 0 Å². The molecule has 1 unspecified atom stereocenters. The van der Waals surface area contributed by atoms with Crippen LogP contribution in [0.4, 0.5) is 0 Å². The Hall–Kier alpha value is -0.580. The minimum absolute atomic E-state index is 0.482. The molecule has 3 nitrogen and oxygen atoms in total. The summed E-state index contributed by atoms with van der Waals surface area (Å²) in [6.45, 7) is 4.24. The molecule has 0 heterocycles. The zero-order valence-electron chi connectivity index (χ0n) is 12.4. The molecule has 0 amide bonds. The molecule has 1 N–H and O–H groups in total.